The predicted molar refractivity (Wildman–Crippen MR) is 168 cm³/mol. The van der Waals surface area contributed by atoms with Crippen LogP contribution in [0.4, 0.5) is 5.69 Å². The van der Waals surface area contributed by atoms with Gasteiger partial charge < -0.3 is 29.7 Å². The highest BCUT2D eigenvalue weighted by Gasteiger charge is 2.75. The van der Waals surface area contributed by atoms with Gasteiger partial charge in [0.25, 0.3) is 5.91 Å². The number of hydrogen-bond donors (Lipinski definition) is 2. The molecule has 12 heteroatoms. The van der Waals surface area contributed by atoms with Gasteiger partial charge in [0.05, 0.1) is 35.8 Å². The average Bonchev–Trinajstić information content (AvgIpc) is 3.55. The van der Waals surface area contributed by atoms with Gasteiger partial charge in [-0.15, -0.1) is 0 Å². The van der Waals surface area contributed by atoms with Crippen LogP contribution in [-0.4, -0.2) is 83.3 Å². The number of aryl methyl sites for hydroxylation is 1. The summed E-state index contributed by atoms with van der Waals surface area (Å²) in [7, 11) is 0. The molecule has 238 valence electrons. The lowest BCUT2D eigenvalue weighted by molar-refractivity contribution is -0.159. The van der Waals surface area contributed by atoms with Crippen LogP contribution in [0.15, 0.2) is 40.9 Å². The third-order valence-corrected chi connectivity index (χ3v) is 9.82. The number of benzene rings is 1. The molecule has 4 aliphatic rings. The molecule has 0 aliphatic carbocycles. The number of anilines is 1. The second-order valence-electron chi connectivity index (χ2n) is 12.5. The predicted octanol–water partition coefficient (Wildman–Crippen LogP) is 3.66. The first-order valence-corrected chi connectivity index (χ1v) is 16.3. The maximum Gasteiger partial charge on any atom is 0.313 e. The Labute approximate surface area is 270 Å². The third-order valence-electron chi connectivity index (χ3n) is 8.84. The molecule has 1 aromatic rings. The van der Waals surface area contributed by atoms with Crippen LogP contribution >= 0.6 is 27.5 Å². The highest BCUT2D eigenvalue weighted by molar-refractivity contribution is 9.11. The van der Waals surface area contributed by atoms with Crippen molar-refractivity contribution in [2.75, 3.05) is 24.6 Å². The van der Waals surface area contributed by atoms with Gasteiger partial charge in [-0.05, 0) is 50.3 Å². The molecule has 44 heavy (non-hydrogen) atoms. The van der Waals surface area contributed by atoms with E-state index in [2.05, 4.69) is 21.2 Å². The van der Waals surface area contributed by atoms with E-state index in [4.69, 9.17) is 21.1 Å². The van der Waals surface area contributed by atoms with Gasteiger partial charge >= 0.3 is 5.97 Å². The van der Waals surface area contributed by atoms with Crippen LogP contribution in [0, 0.1) is 24.7 Å². The van der Waals surface area contributed by atoms with Crippen LogP contribution in [0.25, 0.3) is 0 Å². The number of nitrogens with zero attached hydrogens (tertiary/aromatic N) is 2. The molecule has 4 aliphatic heterocycles. The highest BCUT2D eigenvalue weighted by Crippen LogP contribution is 2.59. The Bertz CT molecular complexity index is 1380. The fraction of sp³-hybridized carbons (Fsp3) is 0.562. The number of nitrogens with one attached hydrogen (secondary N) is 1. The lowest BCUT2D eigenvalue weighted by Gasteiger charge is -2.39. The molecule has 0 saturated carbocycles. The molecule has 4 heterocycles. The molecule has 7 atom stereocenters. The van der Waals surface area contributed by atoms with Crippen molar-refractivity contribution in [2.24, 2.45) is 17.8 Å². The summed E-state index contributed by atoms with van der Waals surface area (Å²) in [6.45, 7) is 7.32. The number of aliphatic hydroxyl groups excluding tert-OH is 1. The van der Waals surface area contributed by atoms with Gasteiger partial charge in [-0.3, -0.25) is 19.2 Å². The first-order chi connectivity index (χ1) is 20.9. The number of para-hydroxylation sites is 1. The van der Waals surface area contributed by atoms with Gasteiger partial charge in [0.15, 0.2) is 0 Å². The molecule has 2 N–H and O–H groups in total. The second-order valence-corrected chi connectivity index (χ2v) is 13.8. The van der Waals surface area contributed by atoms with Crippen LogP contribution in [0.3, 0.4) is 0 Å². The molecule has 5 rings (SSSR count). The van der Waals surface area contributed by atoms with Crippen molar-refractivity contribution in [1.82, 2.24) is 10.2 Å². The lowest BCUT2D eigenvalue weighted by atomic mass is 9.74. The van der Waals surface area contributed by atoms with E-state index in [0.29, 0.717) is 28.0 Å². The number of allylic oxidation sites excluding steroid dienone is 1. The Morgan fingerprint density at radius 3 is 2.61 bits per heavy atom. The zero-order valence-corrected chi connectivity index (χ0v) is 27.6. The largest absolute Gasteiger partial charge is 0.460 e. The van der Waals surface area contributed by atoms with Gasteiger partial charge in [0.2, 0.25) is 11.8 Å². The first-order valence-electron chi connectivity index (χ1n) is 15.1. The van der Waals surface area contributed by atoms with E-state index in [-0.39, 0.29) is 37.9 Å². The van der Waals surface area contributed by atoms with E-state index in [1.165, 1.54) is 9.80 Å². The molecule has 1 aromatic carbocycles. The van der Waals surface area contributed by atoms with Crippen molar-refractivity contribution < 1.29 is 33.8 Å². The van der Waals surface area contributed by atoms with Crippen LogP contribution in [0.1, 0.15) is 45.6 Å². The van der Waals surface area contributed by atoms with Gasteiger partial charge in [0, 0.05) is 17.4 Å². The summed E-state index contributed by atoms with van der Waals surface area (Å²) in [5.74, 6) is -3.74. The molecular formula is C32H39BrClN3O7. The quantitative estimate of drug-likeness (QED) is 0.357. The average molecular weight is 693 g/mol. The van der Waals surface area contributed by atoms with Crippen molar-refractivity contribution in [3.05, 3.63) is 51.5 Å². The van der Waals surface area contributed by atoms with Gasteiger partial charge in [0.1, 0.15) is 29.8 Å². The van der Waals surface area contributed by atoms with E-state index < -0.39 is 59.5 Å². The second kappa shape index (κ2) is 12.9. The molecular weight excluding hydrogens is 654 g/mol. The summed E-state index contributed by atoms with van der Waals surface area (Å²) < 4.78 is 12.9. The van der Waals surface area contributed by atoms with Crippen molar-refractivity contribution in [1.29, 1.82) is 0 Å². The fourth-order valence-corrected chi connectivity index (χ4v) is 8.06. The number of ether oxygens (including phenoxy) is 2. The molecule has 2 saturated heterocycles. The number of esters is 1. The van der Waals surface area contributed by atoms with Gasteiger partial charge in [-0.1, -0.05) is 65.7 Å². The number of carbonyl (C=O) groups excluding carboxylic acids is 4. The first kappa shape index (κ1) is 32.7. The van der Waals surface area contributed by atoms with E-state index in [1.807, 2.05) is 32.9 Å². The number of amides is 3. The number of rotatable bonds is 5. The van der Waals surface area contributed by atoms with Crippen molar-refractivity contribution in [3.8, 4) is 0 Å². The van der Waals surface area contributed by atoms with Crippen LogP contribution < -0.4 is 10.2 Å². The SMILES string of the molecule is Cc1cccc(Cl)c1N1C/C=C\CCC(=O)NC[C@@H](C)OC(=O)[C@@H]2[C@H]3O[C@@]4(C=C3Br)[C@H](C1=O)N([C@@H](CO)CC(C)C)C(=O)[C@@H]24. The minimum Gasteiger partial charge on any atom is -0.460 e. The van der Waals surface area contributed by atoms with E-state index in [0.717, 1.165) is 5.56 Å². The molecule has 2 fully saturated rings. The number of carbonyl (C=O) groups is 4. The summed E-state index contributed by atoms with van der Waals surface area (Å²) >= 11 is 10.3. The third kappa shape index (κ3) is 5.72. The van der Waals surface area contributed by atoms with E-state index in [1.54, 1.807) is 31.2 Å². The van der Waals surface area contributed by atoms with Crippen molar-refractivity contribution >= 4 is 56.9 Å². The number of fused-ring (bicyclic) bond motifs is 2. The Balaban J connectivity index is 1.69. The van der Waals surface area contributed by atoms with Crippen LogP contribution in [-0.2, 0) is 28.7 Å². The minimum atomic E-state index is -1.49. The monoisotopic (exact) mass is 691 g/mol. The summed E-state index contributed by atoms with van der Waals surface area (Å²) in [6.07, 6.45) is 4.94. The molecule has 5 bridgehead atoms. The topological polar surface area (TPSA) is 125 Å². The number of halogens is 2. The Kier molecular flexibility index (Phi) is 9.61. The van der Waals surface area contributed by atoms with Gasteiger partial charge in [-0.2, -0.15) is 0 Å². The smallest absolute Gasteiger partial charge is 0.313 e. The molecule has 3 amide bonds. The standard InChI is InChI=1S/C32H39BrClN3O7/c1-17(2)13-20(16-38)37-28-30(41)36(26-18(3)9-8-10-22(26)34)12-7-5-6-11-23(39)35-15-19(4)43-31(42)24-25(29(37)40)32(28)14-21(33)27(24)44-32/h5,7-10,14,17,19-20,24-25,27-28,38H,6,11-13,15-16H2,1-4H3,(H,35,39)/b7-5-/t19-,20-,24+,25-,27+,28+,32-/m1/s1. The summed E-state index contributed by atoms with van der Waals surface area (Å²) in [4.78, 5) is 58.7. The molecule has 0 radical (unpaired) electrons. The number of hydrogen-bond acceptors (Lipinski definition) is 7. The van der Waals surface area contributed by atoms with E-state index in [9.17, 15) is 19.5 Å². The molecule has 1 spiro atoms. The van der Waals surface area contributed by atoms with Crippen LogP contribution in [0.5, 0.6) is 0 Å². The Morgan fingerprint density at radius 1 is 1.18 bits per heavy atom. The lowest BCUT2D eigenvalue weighted by Crippen LogP contribution is -2.59. The summed E-state index contributed by atoms with van der Waals surface area (Å²) in [6, 6.07) is 3.44. The summed E-state index contributed by atoms with van der Waals surface area (Å²) in [5, 5.41) is 13.7. The number of likely N-dealkylation sites (tertiary alicyclic amines) is 1. The normalized spacial score (nSPS) is 32.5. The van der Waals surface area contributed by atoms with Crippen LogP contribution in [0.2, 0.25) is 5.02 Å². The maximum atomic E-state index is 15.0. The minimum absolute atomic E-state index is 0.0976. The zero-order valence-electron chi connectivity index (χ0n) is 25.3. The van der Waals surface area contributed by atoms with Crippen molar-refractivity contribution in [2.45, 2.75) is 76.9 Å². The number of cyclic esters (lactones) is 1. The van der Waals surface area contributed by atoms with Crippen molar-refractivity contribution in [3.63, 3.8) is 0 Å². The molecule has 10 nitrogen and oxygen atoms in total. The van der Waals surface area contributed by atoms with Gasteiger partial charge in [-0.25, -0.2) is 0 Å². The highest BCUT2D eigenvalue weighted by atomic mass is 79.9. The number of aliphatic hydroxyl groups is 1. The maximum absolute atomic E-state index is 15.0. The summed E-state index contributed by atoms with van der Waals surface area (Å²) in [5.41, 5.74) is -0.260. The molecule has 0 aromatic heterocycles. The Morgan fingerprint density at radius 2 is 1.93 bits per heavy atom. The fourth-order valence-electron chi connectivity index (χ4n) is 7.00. The molecule has 0 unspecified atom stereocenters. The zero-order chi connectivity index (χ0) is 31.9. The van der Waals surface area contributed by atoms with E-state index >= 15 is 4.79 Å². The Hall–Kier alpha value is -2.73.